The molecule has 2 rings (SSSR count). The minimum absolute atomic E-state index is 0.532. The Morgan fingerprint density at radius 1 is 1.59 bits per heavy atom. The van der Waals surface area contributed by atoms with Crippen LogP contribution in [0.15, 0.2) is 22.7 Å². The van der Waals surface area contributed by atoms with Crippen molar-refractivity contribution in [2.75, 3.05) is 20.1 Å². The minimum Gasteiger partial charge on any atom is -0.480 e. The Morgan fingerprint density at radius 3 is 2.71 bits per heavy atom. The highest BCUT2D eigenvalue weighted by Gasteiger charge is 2.27. The Kier molecular flexibility index (Phi) is 3.51. The number of hydrogen-bond acceptors (Lipinski definition) is 3. The van der Waals surface area contributed by atoms with Crippen LogP contribution < -0.4 is 5.73 Å². The Morgan fingerprint density at radius 2 is 2.24 bits per heavy atom. The molecule has 5 heteroatoms. The molecular weight excluding hydrogens is 284 g/mol. The number of nitrogens with zero attached hydrogens (tertiary/aromatic N) is 1. The maximum atomic E-state index is 10.8. The van der Waals surface area contributed by atoms with E-state index >= 15 is 0 Å². The number of rotatable bonds is 3. The molecule has 0 aliphatic carbocycles. The first-order chi connectivity index (χ1) is 7.99. The van der Waals surface area contributed by atoms with Crippen LogP contribution in [0.5, 0.6) is 0 Å². The Labute approximate surface area is 109 Å². The summed E-state index contributed by atoms with van der Waals surface area (Å²) in [4.78, 5) is 13.0. The van der Waals surface area contributed by atoms with Gasteiger partial charge >= 0.3 is 5.97 Å². The molecule has 1 aliphatic rings. The number of carboxylic acids is 1. The van der Waals surface area contributed by atoms with E-state index in [4.69, 9.17) is 10.8 Å². The molecule has 0 aromatic heterocycles. The molecule has 0 amide bonds. The van der Waals surface area contributed by atoms with Crippen LogP contribution in [0, 0.1) is 0 Å². The van der Waals surface area contributed by atoms with Crippen LogP contribution in [0.4, 0.5) is 0 Å². The predicted octanol–water partition coefficient (Wildman–Crippen LogP) is 1.56. The number of benzene rings is 1. The van der Waals surface area contributed by atoms with Gasteiger partial charge in [-0.15, -0.1) is 0 Å². The Bertz CT molecular complexity index is 444. The second-order valence-corrected chi connectivity index (χ2v) is 5.37. The second-order valence-electron chi connectivity index (χ2n) is 4.51. The number of likely N-dealkylation sites (tertiary alicyclic amines) is 1. The van der Waals surface area contributed by atoms with Gasteiger partial charge in [0.2, 0.25) is 0 Å². The fourth-order valence-electron chi connectivity index (χ4n) is 2.11. The van der Waals surface area contributed by atoms with Crippen molar-refractivity contribution in [3.63, 3.8) is 0 Å². The minimum atomic E-state index is -1.01. The molecule has 1 aromatic carbocycles. The topological polar surface area (TPSA) is 66.6 Å². The Hall–Kier alpha value is -0.910. The molecule has 0 saturated carbocycles. The van der Waals surface area contributed by atoms with Crippen molar-refractivity contribution in [3.05, 3.63) is 33.8 Å². The molecule has 1 atom stereocenters. The normalized spacial score (nSPS) is 18.8. The smallest absolute Gasteiger partial charge is 0.325 e. The molecule has 1 fully saturated rings. The summed E-state index contributed by atoms with van der Waals surface area (Å²) >= 11 is 3.49. The van der Waals surface area contributed by atoms with Gasteiger partial charge in [0.25, 0.3) is 0 Å². The molecular formula is C12H15BrN2O2. The SMILES string of the molecule is CN1CC(c2ccc(C(N)C(=O)O)cc2Br)C1. The second kappa shape index (κ2) is 4.76. The zero-order valence-corrected chi connectivity index (χ0v) is 11.1. The van der Waals surface area contributed by atoms with E-state index in [2.05, 4.69) is 27.9 Å². The molecule has 92 valence electrons. The van der Waals surface area contributed by atoms with Gasteiger partial charge in [-0.3, -0.25) is 4.79 Å². The van der Waals surface area contributed by atoms with Gasteiger partial charge in [-0.1, -0.05) is 28.1 Å². The van der Waals surface area contributed by atoms with Gasteiger partial charge in [0, 0.05) is 23.5 Å². The number of hydrogen-bond donors (Lipinski definition) is 2. The third-order valence-electron chi connectivity index (χ3n) is 3.15. The number of carbonyl (C=O) groups is 1. The van der Waals surface area contributed by atoms with Gasteiger partial charge in [-0.25, -0.2) is 0 Å². The first-order valence-electron chi connectivity index (χ1n) is 5.45. The van der Waals surface area contributed by atoms with Crippen LogP contribution in [-0.4, -0.2) is 36.1 Å². The third kappa shape index (κ3) is 2.51. The van der Waals surface area contributed by atoms with Crippen molar-refractivity contribution < 1.29 is 9.90 Å². The van der Waals surface area contributed by atoms with Crippen LogP contribution in [0.2, 0.25) is 0 Å². The quantitative estimate of drug-likeness (QED) is 0.889. The number of aliphatic carboxylic acids is 1. The number of halogens is 1. The lowest BCUT2D eigenvalue weighted by Crippen LogP contribution is -2.41. The van der Waals surface area contributed by atoms with Crippen LogP contribution >= 0.6 is 15.9 Å². The van der Waals surface area contributed by atoms with Crippen molar-refractivity contribution >= 4 is 21.9 Å². The van der Waals surface area contributed by atoms with E-state index in [1.807, 2.05) is 12.1 Å². The molecule has 17 heavy (non-hydrogen) atoms. The van der Waals surface area contributed by atoms with E-state index in [0.717, 1.165) is 17.6 Å². The maximum absolute atomic E-state index is 10.8. The predicted molar refractivity (Wildman–Crippen MR) is 68.9 cm³/mol. The summed E-state index contributed by atoms with van der Waals surface area (Å²) in [5.74, 6) is -0.475. The summed E-state index contributed by atoms with van der Waals surface area (Å²) in [5, 5.41) is 8.85. The average molecular weight is 299 g/mol. The average Bonchev–Trinajstić information content (AvgIpc) is 2.24. The molecule has 1 aromatic rings. The Balaban J connectivity index is 2.20. The third-order valence-corrected chi connectivity index (χ3v) is 3.84. The molecule has 4 nitrogen and oxygen atoms in total. The fourth-order valence-corrected chi connectivity index (χ4v) is 2.83. The molecule has 1 unspecified atom stereocenters. The van der Waals surface area contributed by atoms with Crippen LogP contribution in [0.3, 0.4) is 0 Å². The summed E-state index contributed by atoms with van der Waals surface area (Å²) in [6, 6.07) is 4.63. The van der Waals surface area contributed by atoms with E-state index in [9.17, 15) is 4.79 Å². The molecule has 1 aliphatic heterocycles. The van der Waals surface area contributed by atoms with Crippen molar-refractivity contribution in [1.29, 1.82) is 0 Å². The lowest BCUT2D eigenvalue weighted by atomic mass is 9.91. The largest absolute Gasteiger partial charge is 0.480 e. The number of likely N-dealkylation sites (N-methyl/N-ethyl adjacent to an activating group) is 1. The summed E-state index contributed by atoms with van der Waals surface area (Å²) in [5.41, 5.74) is 7.42. The lowest BCUT2D eigenvalue weighted by Gasteiger charge is -2.37. The van der Waals surface area contributed by atoms with Crippen LogP contribution in [0.1, 0.15) is 23.1 Å². The van der Waals surface area contributed by atoms with Gasteiger partial charge in [-0.05, 0) is 24.2 Å². The zero-order valence-electron chi connectivity index (χ0n) is 9.56. The van der Waals surface area contributed by atoms with Crippen LogP contribution in [-0.2, 0) is 4.79 Å². The monoisotopic (exact) mass is 298 g/mol. The van der Waals surface area contributed by atoms with Crippen LogP contribution in [0.25, 0.3) is 0 Å². The van der Waals surface area contributed by atoms with E-state index < -0.39 is 12.0 Å². The highest BCUT2D eigenvalue weighted by molar-refractivity contribution is 9.10. The fraction of sp³-hybridized carbons (Fsp3) is 0.417. The maximum Gasteiger partial charge on any atom is 0.325 e. The van der Waals surface area contributed by atoms with Crippen molar-refractivity contribution in [1.82, 2.24) is 4.90 Å². The number of carboxylic acid groups (broad SMARTS) is 1. The van der Waals surface area contributed by atoms with Gasteiger partial charge in [0.1, 0.15) is 6.04 Å². The molecule has 0 radical (unpaired) electrons. The van der Waals surface area contributed by atoms with E-state index in [1.54, 1.807) is 6.07 Å². The standard InChI is InChI=1S/C12H15BrN2O2/c1-15-5-8(6-15)9-3-2-7(4-10(9)13)11(14)12(16)17/h2-4,8,11H,5-6,14H2,1H3,(H,16,17). The first kappa shape index (κ1) is 12.5. The highest BCUT2D eigenvalue weighted by atomic mass is 79.9. The van der Waals surface area contributed by atoms with Crippen molar-refractivity contribution in [2.24, 2.45) is 5.73 Å². The van der Waals surface area contributed by atoms with E-state index in [-0.39, 0.29) is 0 Å². The van der Waals surface area contributed by atoms with Gasteiger partial charge in [-0.2, -0.15) is 0 Å². The first-order valence-corrected chi connectivity index (χ1v) is 6.24. The molecule has 1 saturated heterocycles. The summed E-state index contributed by atoms with van der Waals surface area (Å²) in [6.45, 7) is 2.09. The summed E-state index contributed by atoms with van der Waals surface area (Å²) in [6.07, 6.45) is 0. The van der Waals surface area contributed by atoms with Gasteiger partial charge in [0.15, 0.2) is 0 Å². The van der Waals surface area contributed by atoms with Crippen molar-refractivity contribution in [3.8, 4) is 0 Å². The van der Waals surface area contributed by atoms with Crippen molar-refractivity contribution in [2.45, 2.75) is 12.0 Å². The molecule has 1 heterocycles. The molecule has 3 N–H and O–H groups in total. The van der Waals surface area contributed by atoms with E-state index in [1.165, 1.54) is 5.56 Å². The summed E-state index contributed by atoms with van der Waals surface area (Å²) < 4.78 is 0.949. The number of nitrogens with two attached hydrogens (primary N) is 1. The van der Waals surface area contributed by atoms with Gasteiger partial charge < -0.3 is 15.7 Å². The van der Waals surface area contributed by atoms with Gasteiger partial charge in [0.05, 0.1) is 0 Å². The lowest BCUT2D eigenvalue weighted by molar-refractivity contribution is -0.138. The zero-order chi connectivity index (χ0) is 12.6. The molecule has 0 bridgehead atoms. The highest BCUT2D eigenvalue weighted by Crippen LogP contribution is 2.32. The molecule has 0 spiro atoms. The van der Waals surface area contributed by atoms with E-state index in [0.29, 0.717) is 11.5 Å². The summed E-state index contributed by atoms with van der Waals surface area (Å²) in [7, 11) is 2.08.